The molecule has 9 aromatic rings. The number of nitrogens with zero attached hydrogens (tertiary/aromatic N) is 4. The molecule has 2 aromatic heterocycles. The van der Waals surface area contributed by atoms with E-state index in [1.807, 2.05) is 36.7 Å². The maximum atomic E-state index is 4.63. The largest absolute Gasteiger partial charge is 0.310 e. The number of benzene rings is 7. The van der Waals surface area contributed by atoms with E-state index in [1.54, 1.807) is 0 Å². The number of pyridine rings is 2. The summed E-state index contributed by atoms with van der Waals surface area (Å²) in [5.74, 6) is 0. The Labute approximate surface area is 315 Å². The number of fused-ring (bicyclic) bond motifs is 1. The fourth-order valence-electron chi connectivity index (χ4n) is 7.22. The van der Waals surface area contributed by atoms with Crippen molar-refractivity contribution in [2.24, 2.45) is 0 Å². The van der Waals surface area contributed by atoms with Crippen LogP contribution in [0.15, 0.2) is 219 Å². The summed E-state index contributed by atoms with van der Waals surface area (Å²) >= 11 is 0. The van der Waals surface area contributed by atoms with Crippen molar-refractivity contribution in [3.05, 3.63) is 219 Å². The second kappa shape index (κ2) is 14.7. The monoisotopic (exact) mass is 692 g/mol. The van der Waals surface area contributed by atoms with Crippen LogP contribution in [0.2, 0.25) is 0 Å². The first-order chi connectivity index (χ1) is 26.8. The third kappa shape index (κ3) is 6.49. The van der Waals surface area contributed by atoms with Crippen molar-refractivity contribution in [3.63, 3.8) is 0 Å². The van der Waals surface area contributed by atoms with Gasteiger partial charge in [0, 0.05) is 57.3 Å². The van der Waals surface area contributed by atoms with E-state index >= 15 is 0 Å². The lowest BCUT2D eigenvalue weighted by Gasteiger charge is -2.28. The molecule has 0 aliphatic heterocycles. The molecule has 0 N–H and O–H groups in total. The van der Waals surface area contributed by atoms with Gasteiger partial charge in [-0.05, 0) is 108 Å². The first-order valence-corrected chi connectivity index (χ1v) is 18.2. The molecule has 0 fully saturated rings. The van der Waals surface area contributed by atoms with Crippen molar-refractivity contribution in [3.8, 4) is 33.6 Å². The summed E-state index contributed by atoms with van der Waals surface area (Å²) in [6.07, 6.45) is 3.68. The van der Waals surface area contributed by atoms with Gasteiger partial charge in [0.25, 0.3) is 0 Å². The minimum Gasteiger partial charge on any atom is -0.310 e. The van der Waals surface area contributed by atoms with E-state index in [0.717, 1.165) is 62.2 Å². The number of hydrogen-bond donors (Lipinski definition) is 0. The standard InChI is InChI=1S/C50H36N4/c1-3-17-40(18-4-1)53(43-21-13-15-38(35-43)48-25-9-11-33-51-48)42-29-27-37(28-30-42)45-31-32-50(47-24-8-7-23-46(45)47)54(41-19-5-2-6-20-41)44-22-14-16-39(36-44)49-26-10-12-34-52-49/h1-36H. The van der Waals surface area contributed by atoms with Crippen LogP contribution >= 0.6 is 0 Å². The molecule has 54 heavy (non-hydrogen) atoms. The molecule has 0 unspecified atom stereocenters. The van der Waals surface area contributed by atoms with Gasteiger partial charge in [0.05, 0.1) is 17.1 Å². The molecule has 0 aliphatic carbocycles. The highest BCUT2D eigenvalue weighted by atomic mass is 15.1. The molecule has 0 radical (unpaired) electrons. The van der Waals surface area contributed by atoms with Crippen LogP contribution in [0.4, 0.5) is 34.1 Å². The second-order valence-corrected chi connectivity index (χ2v) is 13.1. The highest BCUT2D eigenvalue weighted by Crippen LogP contribution is 2.43. The van der Waals surface area contributed by atoms with Crippen molar-refractivity contribution in [1.82, 2.24) is 9.97 Å². The number of aromatic nitrogens is 2. The molecule has 0 bridgehead atoms. The van der Waals surface area contributed by atoms with Crippen LogP contribution in [0, 0.1) is 0 Å². The maximum absolute atomic E-state index is 4.63. The highest BCUT2D eigenvalue weighted by Gasteiger charge is 2.19. The average Bonchev–Trinajstić information content (AvgIpc) is 3.26. The van der Waals surface area contributed by atoms with Gasteiger partial charge in [-0.15, -0.1) is 0 Å². The molecule has 256 valence electrons. The van der Waals surface area contributed by atoms with E-state index in [0.29, 0.717) is 0 Å². The Hall–Kier alpha value is -7.30. The van der Waals surface area contributed by atoms with Gasteiger partial charge in [-0.2, -0.15) is 0 Å². The molecule has 4 nitrogen and oxygen atoms in total. The maximum Gasteiger partial charge on any atom is 0.0702 e. The Kier molecular flexibility index (Phi) is 8.90. The van der Waals surface area contributed by atoms with Gasteiger partial charge >= 0.3 is 0 Å². The predicted octanol–water partition coefficient (Wildman–Crippen LogP) is 13.6. The summed E-state index contributed by atoms with van der Waals surface area (Å²) in [7, 11) is 0. The van der Waals surface area contributed by atoms with Gasteiger partial charge in [-0.25, -0.2) is 0 Å². The van der Waals surface area contributed by atoms with E-state index in [4.69, 9.17) is 0 Å². The van der Waals surface area contributed by atoms with Gasteiger partial charge in [-0.1, -0.05) is 115 Å². The molecule has 0 aliphatic rings. The molecular weight excluding hydrogens is 657 g/mol. The quantitative estimate of drug-likeness (QED) is 0.151. The van der Waals surface area contributed by atoms with Gasteiger partial charge in [0.2, 0.25) is 0 Å². The van der Waals surface area contributed by atoms with Crippen molar-refractivity contribution in [2.45, 2.75) is 0 Å². The summed E-state index contributed by atoms with van der Waals surface area (Å²) in [5, 5.41) is 2.36. The van der Waals surface area contributed by atoms with E-state index in [1.165, 1.54) is 16.3 Å². The summed E-state index contributed by atoms with van der Waals surface area (Å²) in [5.41, 5.74) is 12.9. The van der Waals surface area contributed by atoms with Crippen LogP contribution in [0.5, 0.6) is 0 Å². The van der Waals surface area contributed by atoms with Gasteiger partial charge in [0.15, 0.2) is 0 Å². The first kappa shape index (κ1) is 32.6. The fraction of sp³-hybridized carbons (Fsp3) is 0. The third-order valence-electron chi connectivity index (χ3n) is 9.74. The second-order valence-electron chi connectivity index (χ2n) is 13.1. The van der Waals surface area contributed by atoms with Crippen molar-refractivity contribution in [1.29, 1.82) is 0 Å². The lowest BCUT2D eigenvalue weighted by Crippen LogP contribution is -2.11. The molecule has 7 aromatic carbocycles. The third-order valence-corrected chi connectivity index (χ3v) is 9.74. The number of hydrogen-bond acceptors (Lipinski definition) is 4. The molecule has 0 saturated heterocycles. The minimum atomic E-state index is 0.947. The lowest BCUT2D eigenvalue weighted by atomic mass is 9.96. The van der Waals surface area contributed by atoms with Gasteiger partial charge in [-0.3, -0.25) is 9.97 Å². The molecule has 4 heteroatoms. The molecule has 0 spiro atoms. The SMILES string of the molecule is c1ccc(N(c2ccc(-c3ccc(N(c4ccccc4)c4cccc(-c5ccccn5)c4)c4ccccc34)cc2)c2cccc(-c3ccccn3)c2)cc1. The molecule has 0 amide bonds. The number of anilines is 6. The minimum absolute atomic E-state index is 0.947. The molecule has 0 atom stereocenters. The van der Waals surface area contributed by atoms with E-state index in [2.05, 4.69) is 202 Å². The van der Waals surface area contributed by atoms with Gasteiger partial charge in [0.1, 0.15) is 0 Å². The van der Waals surface area contributed by atoms with E-state index in [9.17, 15) is 0 Å². The van der Waals surface area contributed by atoms with Crippen LogP contribution < -0.4 is 9.80 Å². The average molecular weight is 693 g/mol. The van der Waals surface area contributed by atoms with Crippen LogP contribution in [0.25, 0.3) is 44.4 Å². The zero-order valence-electron chi connectivity index (χ0n) is 29.6. The normalized spacial score (nSPS) is 11.0. The number of para-hydroxylation sites is 2. The molecule has 9 rings (SSSR count). The van der Waals surface area contributed by atoms with Crippen LogP contribution in [0.1, 0.15) is 0 Å². The Bertz CT molecular complexity index is 2640. The summed E-state index contributed by atoms with van der Waals surface area (Å²) < 4.78 is 0. The zero-order chi connectivity index (χ0) is 36.1. The van der Waals surface area contributed by atoms with Crippen LogP contribution in [0.3, 0.4) is 0 Å². The van der Waals surface area contributed by atoms with Crippen LogP contribution in [-0.4, -0.2) is 9.97 Å². The first-order valence-electron chi connectivity index (χ1n) is 18.2. The van der Waals surface area contributed by atoms with Gasteiger partial charge < -0.3 is 9.80 Å². The Morgan fingerprint density at radius 2 is 0.778 bits per heavy atom. The summed E-state index contributed by atoms with van der Waals surface area (Å²) in [6.45, 7) is 0. The molecular formula is C50H36N4. The lowest BCUT2D eigenvalue weighted by molar-refractivity contribution is 1.27. The van der Waals surface area contributed by atoms with E-state index in [-0.39, 0.29) is 0 Å². The predicted molar refractivity (Wildman–Crippen MR) is 225 cm³/mol. The summed E-state index contributed by atoms with van der Waals surface area (Å²) in [4.78, 5) is 13.9. The van der Waals surface area contributed by atoms with E-state index < -0.39 is 0 Å². The highest BCUT2D eigenvalue weighted by molar-refractivity contribution is 6.06. The van der Waals surface area contributed by atoms with Crippen molar-refractivity contribution >= 4 is 44.9 Å². The number of rotatable bonds is 9. The van der Waals surface area contributed by atoms with Crippen molar-refractivity contribution in [2.75, 3.05) is 9.80 Å². The molecule has 0 saturated carbocycles. The molecule has 2 heterocycles. The zero-order valence-corrected chi connectivity index (χ0v) is 29.6. The summed E-state index contributed by atoms with van der Waals surface area (Å²) in [6, 6.07) is 72.5. The Balaban J connectivity index is 1.12. The fourth-order valence-corrected chi connectivity index (χ4v) is 7.22. The Morgan fingerprint density at radius 1 is 0.296 bits per heavy atom. The topological polar surface area (TPSA) is 32.3 Å². The smallest absolute Gasteiger partial charge is 0.0702 e. The van der Waals surface area contributed by atoms with Crippen molar-refractivity contribution < 1.29 is 0 Å². The Morgan fingerprint density at radius 3 is 1.35 bits per heavy atom. The van der Waals surface area contributed by atoms with Crippen LogP contribution in [-0.2, 0) is 0 Å².